The minimum absolute atomic E-state index is 0.0581. The van der Waals surface area contributed by atoms with Gasteiger partial charge in [0.2, 0.25) is 0 Å². The fourth-order valence-electron chi connectivity index (χ4n) is 2.78. The van der Waals surface area contributed by atoms with Crippen molar-refractivity contribution in [1.82, 2.24) is 4.90 Å². The Kier molecular flexibility index (Phi) is 8.48. The first-order chi connectivity index (χ1) is 12.5. The van der Waals surface area contributed by atoms with Gasteiger partial charge >= 0.3 is 5.97 Å². The van der Waals surface area contributed by atoms with Crippen LogP contribution in [-0.2, 0) is 26.1 Å². The van der Waals surface area contributed by atoms with Gasteiger partial charge in [0.15, 0.2) is 0 Å². The Hall–Kier alpha value is -1.88. The number of aryl methyl sites for hydroxylation is 1. The van der Waals surface area contributed by atoms with E-state index >= 15 is 0 Å². The van der Waals surface area contributed by atoms with Crippen molar-refractivity contribution in [3.63, 3.8) is 0 Å². The van der Waals surface area contributed by atoms with Crippen molar-refractivity contribution in [2.24, 2.45) is 0 Å². The van der Waals surface area contributed by atoms with E-state index < -0.39 is 5.97 Å². The van der Waals surface area contributed by atoms with Crippen molar-refractivity contribution in [3.8, 4) is 0 Å². The molecule has 0 bridgehead atoms. The normalized spacial score (nSPS) is 12.8. The molecule has 0 spiro atoms. The summed E-state index contributed by atoms with van der Waals surface area (Å²) in [5, 5.41) is 0. The van der Waals surface area contributed by atoms with Gasteiger partial charge in [-0.1, -0.05) is 33.8 Å². The minimum atomic E-state index is -0.427. The molecule has 0 aliphatic carbocycles. The number of hydrogen-bond donors (Lipinski definition) is 0. The Morgan fingerprint density at radius 2 is 1.74 bits per heavy atom. The van der Waals surface area contributed by atoms with Crippen LogP contribution >= 0.6 is 0 Å². The van der Waals surface area contributed by atoms with Gasteiger partial charge in [-0.25, -0.2) is 0 Å². The Morgan fingerprint density at radius 3 is 2.22 bits per heavy atom. The molecule has 1 rings (SSSR count). The summed E-state index contributed by atoms with van der Waals surface area (Å²) in [5.74, 6) is -0.577. The predicted molar refractivity (Wildman–Crippen MR) is 108 cm³/mol. The molecule has 1 aromatic carbocycles. The maximum Gasteiger partial charge on any atom is 0.326 e. The molecule has 0 saturated carbocycles. The second-order valence-corrected chi connectivity index (χ2v) is 8.30. The Labute approximate surface area is 164 Å². The maximum absolute atomic E-state index is 13.2. The van der Waals surface area contributed by atoms with Gasteiger partial charge in [0, 0.05) is 18.7 Å². The summed E-state index contributed by atoms with van der Waals surface area (Å²) >= 11 is 0. The first-order valence-electron chi connectivity index (χ1n) is 9.63. The van der Waals surface area contributed by atoms with Crippen LogP contribution in [0, 0.1) is 0 Å². The van der Waals surface area contributed by atoms with Crippen LogP contribution in [0.15, 0.2) is 18.2 Å². The highest BCUT2D eigenvalue weighted by Crippen LogP contribution is 2.26. The smallest absolute Gasteiger partial charge is 0.326 e. The van der Waals surface area contributed by atoms with Crippen molar-refractivity contribution in [2.45, 2.75) is 72.4 Å². The largest absolute Gasteiger partial charge is 0.459 e. The zero-order valence-corrected chi connectivity index (χ0v) is 18.1. The Morgan fingerprint density at radius 1 is 1.11 bits per heavy atom. The maximum atomic E-state index is 13.2. The highest BCUT2D eigenvalue weighted by Gasteiger charge is 2.25. The average Bonchev–Trinajstić information content (AvgIpc) is 2.57. The predicted octanol–water partition coefficient (Wildman–Crippen LogP) is 3.98. The molecule has 0 aromatic heterocycles. The molecule has 0 aliphatic rings. The SMILES string of the molecule is CCc1cc(C(=O)N(CC(=O)OC(C)COC)C(C)C)cc(C(C)(C)C)c1. The minimum Gasteiger partial charge on any atom is -0.459 e. The molecule has 1 amide bonds. The monoisotopic (exact) mass is 377 g/mol. The second kappa shape index (κ2) is 9.88. The third kappa shape index (κ3) is 6.98. The van der Waals surface area contributed by atoms with Gasteiger partial charge in [0.25, 0.3) is 5.91 Å². The number of ether oxygens (including phenoxy) is 2. The van der Waals surface area contributed by atoms with E-state index in [1.165, 1.54) is 0 Å². The summed E-state index contributed by atoms with van der Waals surface area (Å²) in [6.07, 6.45) is 0.505. The van der Waals surface area contributed by atoms with E-state index in [1.54, 1.807) is 18.9 Å². The number of carbonyl (C=O) groups is 2. The highest BCUT2D eigenvalue weighted by molar-refractivity contribution is 5.96. The molecule has 0 aliphatic heterocycles. The van der Waals surface area contributed by atoms with Gasteiger partial charge < -0.3 is 14.4 Å². The zero-order valence-electron chi connectivity index (χ0n) is 18.1. The van der Waals surface area contributed by atoms with E-state index in [0.29, 0.717) is 12.2 Å². The molecule has 1 unspecified atom stereocenters. The Bertz CT molecular complexity index is 646. The van der Waals surface area contributed by atoms with Crippen LogP contribution in [-0.4, -0.2) is 49.2 Å². The lowest BCUT2D eigenvalue weighted by atomic mass is 9.84. The van der Waals surface area contributed by atoms with Gasteiger partial charge in [-0.15, -0.1) is 0 Å². The number of benzene rings is 1. The number of carbonyl (C=O) groups excluding carboxylic acids is 2. The lowest BCUT2D eigenvalue weighted by Crippen LogP contribution is -2.42. The van der Waals surface area contributed by atoms with E-state index in [-0.39, 0.29) is 30.0 Å². The van der Waals surface area contributed by atoms with E-state index in [9.17, 15) is 9.59 Å². The Balaban J connectivity index is 3.09. The first kappa shape index (κ1) is 23.2. The van der Waals surface area contributed by atoms with Crippen molar-refractivity contribution in [2.75, 3.05) is 20.3 Å². The molecule has 0 heterocycles. The van der Waals surface area contributed by atoms with Crippen LogP contribution in [0.4, 0.5) is 0 Å². The van der Waals surface area contributed by atoms with Crippen LogP contribution in [0.3, 0.4) is 0 Å². The van der Waals surface area contributed by atoms with Gasteiger partial charge in [-0.05, 0) is 55.9 Å². The molecule has 5 heteroatoms. The number of methoxy groups -OCH3 is 1. The summed E-state index contributed by atoms with van der Waals surface area (Å²) < 4.78 is 10.3. The van der Waals surface area contributed by atoms with E-state index in [0.717, 1.165) is 17.5 Å². The standard InChI is InChI=1S/C22H35NO4/c1-9-17-10-18(12-19(11-17)22(5,6)7)21(25)23(15(2)3)13-20(24)27-16(4)14-26-8/h10-12,15-16H,9,13-14H2,1-8H3. The number of nitrogens with zero attached hydrogens (tertiary/aromatic N) is 1. The van der Waals surface area contributed by atoms with Crippen LogP contribution in [0.25, 0.3) is 0 Å². The number of esters is 1. The van der Waals surface area contributed by atoms with Crippen molar-refractivity contribution >= 4 is 11.9 Å². The third-order valence-corrected chi connectivity index (χ3v) is 4.43. The molecule has 0 radical (unpaired) electrons. The van der Waals surface area contributed by atoms with Crippen LogP contribution in [0.5, 0.6) is 0 Å². The van der Waals surface area contributed by atoms with E-state index in [1.807, 2.05) is 26.0 Å². The van der Waals surface area contributed by atoms with Crippen molar-refractivity contribution < 1.29 is 19.1 Å². The number of rotatable bonds is 8. The summed E-state index contributed by atoms with van der Waals surface area (Å²) in [5.41, 5.74) is 2.79. The van der Waals surface area contributed by atoms with Crippen LogP contribution in [0.1, 0.15) is 70.0 Å². The summed E-state index contributed by atoms with van der Waals surface area (Å²) in [6, 6.07) is 5.89. The highest BCUT2D eigenvalue weighted by atomic mass is 16.6. The lowest BCUT2D eigenvalue weighted by molar-refractivity contribution is -0.151. The summed E-state index contributed by atoms with van der Waals surface area (Å²) in [4.78, 5) is 27.0. The van der Waals surface area contributed by atoms with E-state index in [2.05, 4.69) is 33.8 Å². The molecule has 1 aromatic rings. The zero-order chi connectivity index (χ0) is 20.8. The molecule has 152 valence electrons. The van der Waals surface area contributed by atoms with Crippen molar-refractivity contribution in [1.29, 1.82) is 0 Å². The molecule has 0 saturated heterocycles. The molecule has 1 atom stereocenters. The fraction of sp³-hybridized carbons (Fsp3) is 0.636. The van der Waals surface area contributed by atoms with Crippen molar-refractivity contribution in [3.05, 3.63) is 34.9 Å². The topological polar surface area (TPSA) is 55.8 Å². The van der Waals surface area contributed by atoms with Gasteiger partial charge in [-0.3, -0.25) is 9.59 Å². The number of hydrogen-bond acceptors (Lipinski definition) is 4. The average molecular weight is 378 g/mol. The van der Waals surface area contributed by atoms with Crippen LogP contribution in [0.2, 0.25) is 0 Å². The first-order valence-corrected chi connectivity index (χ1v) is 9.63. The van der Waals surface area contributed by atoms with Gasteiger partial charge in [0.05, 0.1) is 6.61 Å². The molecular weight excluding hydrogens is 342 g/mol. The van der Waals surface area contributed by atoms with Gasteiger partial charge in [0.1, 0.15) is 12.6 Å². The lowest BCUT2D eigenvalue weighted by Gasteiger charge is -2.28. The third-order valence-electron chi connectivity index (χ3n) is 4.43. The summed E-state index contributed by atoms with van der Waals surface area (Å²) in [6.45, 7) is 14.3. The quantitative estimate of drug-likeness (QED) is 0.643. The number of amides is 1. The second-order valence-electron chi connectivity index (χ2n) is 8.30. The van der Waals surface area contributed by atoms with E-state index in [4.69, 9.17) is 9.47 Å². The molecule has 0 fully saturated rings. The summed E-state index contributed by atoms with van der Waals surface area (Å²) in [7, 11) is 1.56. The molecule has 27 heavy (non-hydrogen) atoms. The molecular formula is C22H35NO4. The molecule has 5 nitrogen and oxygen atoms in total. The fourth-order valence-corrected chi connectivity index (χ4v) is 2.78. The van der Waals surface area contributed by atoms with Gasteiger partial charge in [-0.2, -0.15) is 0 Å². The molecule has 0 N–H and O–H groups in total. The van der Waals surface area contributed by atoms with Crippen LogP contribution < -0.4 is 0 Å².